The maximum absolute atomic E-state index is 12.6. The highest BCUT2D eigenvalue weighted by atomic mass is 32.1. The molecule has 74 valence electrons. The molecule has 1 aromatic rings. The molecule has 1 rings (SSSR count). The third-order valence-electron chi connectivity index (χ3n) is 1.27. The van der Waals surface area contributed by atoms with Crippen molar-refractivity contribution in [2.45, 2.75) is 0 Å². The quantitative estimate of drug-likeness (QED) is 0.442. The number of benzene rings is 1. The molecule has 0 spiro atoms. The Bertz CT molecular complexity index is 359. The maximum Gasteiger partial charge on any atom is 0.184 e. The maximum atomic E-state index is 12.6. The first kappa shape index (κ1) is 10.5. The van der Waals surface area contributed by atoms with Gasteiger partial charge < -0.3 is 5.73 Å². The van der Waals surface area contributed by atoms with E-state index in [0.717, 1.165) is 18.2 Å². The van der Waals surface area contributed by atoms with E-state index in [0.29, 0.717) is 0 Å². The summed E-state index contributed by atoms with van der Waals surface area (Å²) < 4.78 is 25.3. The van der Waals surface area contributed by atoms with Crippen molar-refractivity contribution < 1.29 is 8.78 Å². The molecule has 0 aliphatic heterocycles. The van der Waals surface area contributed by atoms with Crippen LogP contribution in [0.15, 0.2) is 23.3 Å². The fraction of sp³-hybridized carbons (Fsp3) is 0. The number of rotatable bonds is 2. The summed E-state index contributed by atoms with van der Waals surface area (Å²) in [7, 11) is 0. The molecule has 14 heavy (non-hydrogen) atoms. The summed E-state index contributed by atoms with van der Waals surface area (Å²) in [5, 5.41) is 3.53. The van der Waals surface area contributed by atoms with Crippen molar-refractivity contribution >= 4 is 23.5 Å². The lowest BCUT2D eigenvalue weighted by atomic mass is 10.2. The Labute approximate surface area is 84.6 Å². The van der Waals surface area contributed by atoms with Crippen LogP contribution in [0.4, 0.5) is 8.78 Å². The van der Waals surface area contributed by atoms with Crippen LogP contribution >= 0.6 is 12.2 Å². The van der Waals surface area contributed by atoms with Crippen molar-refractivity contribution in [3.05, 3.63) is 35.4 Å². The van der Waals surface area contributed by atoms with Gasteiger partial charge in [0.05, 0.1) is 6.21 Å². The van der Waals surface area contributed by atoms with Crippen LogP contribution in [0.25, 0.3) is 0 Å². The predicted octanol–water partition coefficient (Wildman–Crippen LogP) is 1.13. The Balaban J connectivity index is 2.76. The van der Waals surface area contributed by atoms with Crippen LogP contribution in [-0.4, -0.2) is 11.3 Å². The molecule has 0 atom stereocenters. The molecule has 0 unspecified atom stereocenters. The van der Waals surface area contributed by atoms with Crippen molar-refractivity contribution in [1.29, 1.82) is 0 Å². The van der Waals surface area contributed by atoms with E-state index in [9.17, 15) is 8.78 Å². The predicted molar refractivity (Wildman–Crippen MR) is 53.9 cm³/mol. The molecule has 0 fully saturated rings. The Hall–Kier alpha value is -1.56. The van der Waals surface area contributed by atoms with Gasteiger partial charge in [0.25, 0.3) is 0 Å². The second-order valence-electron chi connectivity index (χ2n) is 2.44. The molecule has 0 heterocycles. The average Bonchev–Trinajstić information content (AvgIpc) is 2.01. The molecule has 0 saturated heterocycles. The van der Waals surface area contributed by atoms with Crippen LogP contribution in [0.3, 0.4) is 0 Å². The molecule has 0 bridgehead atoms. The Morgan fingerprint density at radius 1 is 1.36 bits per heavy atom. The Morgan fingerprint density at radius 3 is 2.43 bits per heavy atom. The smallest absolute Gasteiger partial charge is 0.184 e. The molecule has 0 aliphatic carbocycles. The summed E-state index contributed by atoms with van der Waals surface area (Å²) in [4.78, 5) is 0. The van der Waals surface area contributed by atoms with Crippen LogP contribution < -0.4 is 11.2 Å². The standard InChI is InChI=1S/C8H7F2N3S/c9-6-1-5(2-7(10)3-6)4-12-13-8(11)14/h1-4H,(H3,11,13,14). The third-order valence-corrected chi connectivity index (χ3v) is 1.36. The molecule has 0 amide bonds. The van der Waals surface area contributed by atoms with Crippen LogP contribution in [-0.2, 0) is 0 Å². The fourth-order valence-electron chi connectivity index (χ4n) is 0.820. The number of hydrogen-bond acceptors (Lipinski definition) is 2. The highest BCUT2D eigenvalue weighted by Crippen LogP contribution is 2.05. The first-order valence-electron chi connectivity index (χ1n) is 3.62. The summed E-state index contributed by atoms with van der Waals surface area (Å²) >= 11 is 4.47. The van der Waals surface area contributed by atoms with E-state index in [1.54, 1.807) is 0 Å². The van der Waals surface area contributed by atoms with Gasteiger partial charge >= 0.3 is 0 Å². The van der Waals surface area contributed by atoms with E-state index in [2.05, 4.69) is 22.7 Å². The molecular formula is C8H7F2N3S. The van der Waals surface area contributed by atoms with Crippen molar-refractivity contribution in [2.75, 3.05) is 0 Å². The second kappa shape index (κ2) is 4.61. The summed E-state index contributed by atoms with van der Waals surface area (Å²) in [5.74, 6) is -1.33. The normalized spacial score (nSPS) is 10.4. The van der Waals surface area contributed by atoms with Crippen LogP contribution in [0.5, 0.6) is 0 Å². The zero-order chi connectivity index (χ0) is 10.6. The van der Waals surface area contributed by atoms with Crippen molar-refractivity contribution in [3.63, 3.8) is 0 Å². The molecule has 3 nitrogen and oxygen atoms in total. The van der Waals surface area contributed by atoms with Gasteiger partial charge in [-0.3, -0.25) is 5.43 Å². The lowest BCUT2D eigenvalue weighted by molar-refractivity contribution is 0.583. The second-order valence-corrected chi connectivity index (χ2v) is 2.88. The van der Waals surface area contributed by atoms with E-state index < -0.39 is 11.6 Å². The van der Waals surface area contributed by atoms with Crippen molar-refractivity contribution in [1.82, 2.24) is 5.43 Å². The minimum Gasteiger partial charge on any atom is -0.375 e. The van der Waals surface area contributed by atoms with Crippen molar-refractivity contribution in [3.8, 4) is 0 Å². The summed E-state index contributed by atoms with van der Waals surface area (Å²) in [5.41, 5.74) is 7.63. The zero-order valence-electron chi connectivity index (χ0n) is 7.00. The molecule has 0 saturated carbocycles. The lowest BCUT2D eigenvalue weighted by Gasteiger charge is -1.96. The summed E-state index contributed by atoms with van der Waals surface area (Å²) in [6.07, 6.45) is 1.21. The fourth-order valence-corrected chi connectivity index (χ4v) is 0.873. The minimum absolute atomic E-state index is 0.0156. The molecular weight excluding hydrogens is 208 g/mol. The topological polar surface area (TPSA) is 50.4 Å². The summed E-state index contributed by atoms with van der Waals surface area (Å²) in [6, 6.07) is 3.04. The molecule has 0 radical (unpaired) electrons. The molecule has 0 aromatic heterocycles. The van der Waals surface area contributed by atoms with Gasteiger partial charge in [-0.25, -0.2) is 8.78 Å². The van der Waals surface area contributed by atoms with Crippen molar-refractivity contribution in [2.24, 2.45) is 10.8 Å². The summed E-state index contributed by atoms with van der Waals surface area (Å²) in [6.45, 7) is 0. The first-order chi connectivity index (χ1) is 6.58. The van der Waals surface area contributed by atoms with Crippen LogP contribution in [0, 0.1) is 11.6 Å². The van der Waals surface area contributed by atoms with Gasteiger partial charge in [-0.2, -0.15) is 5.10 Å². The number of hydrazone groups is 1. The molecule has 1 aromatic carbocycles. The number of halogens is 2. The number of nitrogens with zero attached hydrogens (tertiary/aromatic N) is 1. The van der Waals surface area contributed by atoms with Gasteiger partial charge in [0.15, 0.2) is 5.11 Å². The van der Waals surface area contributed by atoms with E-state index >= 15 is 0 Å². The lowest BCUT2D eigenvalue weighted by Crippen LogP contribution is -2.24. The molecule has 0 aliphatic rings. The number of thiocarbonyl (C=S) groups is 1. The number of nitrogens with one attached hydrogen (secondary N) is 1. The highest BCUT2D eigenvalue weighted by molar-refractivity contribution is 7.80. The van der Waals surface area contributed by atoms with Gasteiger partial charge in [-0.15, -0.1) is 0 Å². The van der Waals surface area contributed by atoms with Gasteiger partial charge in [0.2, 0.25) is 0 Å². The monoisotopic (exact) mass is 215 g/mol. The van der Waals surface area contributed by atoms with E-state index in [-0.39, 0.29) is 10.7 Å². The number of hydrogen-bond donors (Lipinski definition) is 2. The minimum atomic E-state index is -0.665. The van der Waals surface area contributed by atoms with Crippen LogP contribution in [0.2, 0.25) is 0 Å². The largest absolute Gasteiger partial charge is 0.375 e. The van der Waals surface area contributed by atoms with E-state index in [1.165, 1.54) is 6.21 Å². The first-order valence-corrected chi connectivity index (χ1v) is 4.03. The Kier molecular flexibility index (Phi) is 3.47. The van der Waals surface area contributed by atoms with Gasteiger partial charge in [0.1, 0.15) is 11.6 Å². The van der Waals surface area contributed by atoms with Gasteiger partial charge in [-0.05, 0) is 24.4 Å². The SMILES string of the molecule is NC(=S)NN=Cc1cc(F)cc(F)c1. The Morgan fingerprint density at radius 2 is 1.93 bits per heavy atom. The zero-order valence-corrected chi connectivity index (χ0v) is 7.81. The number of nitrogens with two attached hydrogens (primary N) is 1. The van der Waals surface area contributed by atoms with Gasteiger partial charge in [0, 0.05) is 11.6 Å². The van der Waals surface area contributed by atoms with Gasteiger partial charge in [-0.1, -0.05) is 0 Å². The van der Waals surface area contributed by atoms with E-state index in [1.807, 2.05) is 0 Å². The van der Waals surface area contributed by atoms with E-state index in [4.69, 9.17) is 5.73 Å². The third kappa shape index (κ3) is 3.44. The average molecular weight is 215 g/mol. The molecule has 3 N–H and O–H groups in total. The molecule has 6 heteroatoms. The van der Waals surface area contributed by atoms with Crippen LogP contribution in [0.1, 0.15) is 5.56 Å². The highest BCUT2D eigenvalue weighted by Gasteiger charge is 1.97.